The number of nitrogens with two attached hydrogens (primary N) is 1. The third-order valence-electron chi connectivity index (χ3n) is 3.65. The van der Waals surface area contributed by atoms with Crippen LogP contribution in [0.5, 0.6) is 0 Å². The quantitative estimate of drug-likeness (QED) is 0.433. The molecule has 0 spiro atoms. The van der Waals surface area contributed by atoms with Crippen molar-refractivity contribution in [2.45, 2.75) is 6.18 Å². The van der Waals surface area contributed by atoms with Gasteiger partial charge in [0.15, 0.2) is 0 Å². The van der Waals surface area contributed by atoms with E-state index in [2.05, 4.69) is 10.1 Å². The molecule has 0 unspecified atom stereocenters. The molecule has 0 fully saturated rings. The fraction of sp³-hybridized carbons (Fsp3) is 0.0588. The number of carbonyl (C=O) groups is 1. The van der Waals surface area contributed by atoms with Gasteiger partial charge in [0.1, 0.15) is 6.33 Å². The molecule has 0 atom stereocenters. The Morgan fingerprint density at radius 3 is 2.52 bits per heavy atom. The van der Waals surface area contributed by atoms with Gasteiger partial charge in [-0.1, -0.05) is 6.07 Å². The van der Waals surface area contributed by atoms with Crippen molar-refractivity contribution in [2.75, 3.05) is 5.01 Å². The van der Waals surface area contributed by atoms with Crippen LogP contribution in [0.4, 0.5) is 18.9 Å². The van der Waals surface area contributed by atoms with Crippen molar-refractivity contribution in [3.8, 4) is 11.8 Å². The van der Waals surface area contributed by atoms with Crippen LogP contribution in [0.2, 0.25) is 0 Å². The monoisotopic (exact) mass is 372 g/mol. The number of hydrazine groups is 1. The first kappa shape index (κ1) is 18.1. The van der Waals surface area contributed by atoms with E-state index in [-0.39, 0.29) is 11.5 Å². The molecule has 0 saturated heterocycles. The number of rotatable bonds is 3. The largest absolute Gasteiger partial charge is 0.416 e. The van der Waals surface area contributed by atoms with Gasteiger partial charge in [-0.05, 0) is 42.5 Å². The fourth-order valence-corrected chi connectivity index (χ4v) is 2.31. The lowest BCUT2D eigenvalue weighted by Crippen LogP contribution is -2.39. The Morgan fingerprint density at radius 1 is 1.19 bits per heavy atom. The van der Waals surface area contributed by atoms with E-state index in [4.69, 9.17) is 11.1 Å². The number of nitriles is 1. The molecule has 2 N–H and O–H groups in total. The van der Waals surface area contributed by atoms with Gasteiger partial charge in [0.2, 0.25) is 5.82 Å². The predicted molar refractivity (Wildman–Crippen MR) is 88.5 cm³/mol. The van der Waals surface area contributed by atoms with Crippen LogP contribution in [0.25, 0.3) is 5.69 Å². The van der Waals surface area contributed by atoms with E-state index in [0.717, 1.165) is 24.5 Å². The highest BCUT2D eigenvalue weighted by Crippen LogP contribution is 2.31. The normalized spacial score (nSPS) is 11.1. The minimum Gasteiger partial charge on any atom is -0.264 e. The summed E-state index contributed by atoms with van der Waals surface area (Å²) in [5.41, 5.74) is -0.232. The summed E-state index contributed by atoms with van der Waals surface area (Å²) in [7, 11) is 0. The maximum atomic E-state index is 12.9. The zero-order valence-corrected chi connectivity index (χ0v) is 13.6. The Balaban J connectivity index is 1.93. The standard InChI is InChI=1S/C17H11F3N6O/c18-17(19,20)12-2-1-3-14(8-12)25(22)16(27)15-23-10-24-26(15)13-6-4-11(9-21)5-7-13/h1-8,10H,22H2. The molecule has 10 heteroatoms. The highest BCUT2D eigenvalue weighted by Gasteiger charge is 2.31. The van der Waals surface area contributed by atoms with Gasteiger partial charge in [-0.25, -0.2) is 20.5 Å². The topological polar surface area (TPSA) is 101 Å². The summed E-state index contributed by atoms with van der Waals surface area (Å²) in [5, 5.41) is 13.3. The van der Waals surface area contributed by atoms with Crippen molar-refractivity contribution in [2.24, 2.45) is 5.84 Å². The molecule has 7 nitrogen and oxygen atoms in total. The smallest absolute Gasteiger partial charge is 0.264 e. The van der Waals surface area contributed by atoms with Crippen molar-refractivity contribution < 1.29 is 18.0 Å². The van der Waals surface area contributed by atoms with Crippen LogP contribution >= 0.6 is 0 Å². The average Bonchev–Trinajstić information content (AvgIpc) is 3.16. The first-order valence-corrected chi connectivity index (χ1v) is 7.48. The Labute approximate surface area is 151 Å². The van der Waals surface area contributed by atoms with Crippen molar-refractivity contribution in [1.29, 1.82) is 5.26 Å². The third kappa shape index (κ3) is 3.63. The van der Waals surface area contributed by atoms with E-state index in [1.807, 2.05) is 6.07 Å². The fourth-order valence-electron chi connectivity index (χ4n) is 2.31. The number of hydrogen-bond donors (Lipinski definition) is 1. The number of amides is 1. The lowest BCUT2D eigenvalue weighted by molar-refractivity contribution is -0.137. The molecule has 1 heterocycles. The second kappa shape index (κ2) is 6.89. The second-order valence-corrected chi connectivity index (χ2v) is 5.38. The second-order valence-electron chi connectivity index (χ2n) is 5.38. The summed E-state index contributed by atoms with van der Waals surface area (Å²) in [6.45, 7) is 0. The highest BCUT2D eigenvalue weighted by molar-refractivity contribution is 6.03. The Hall–Kier alpha value is -3.71. The number of hydrogen-bond acceptors (Lipinski definition) is 5. The summed E-state index contributed by atoms with van der Waals surface area (Å²) in [4.78, 5) is 16.5. The number of halogens is 3. The van der Waals surface area contributed by atoms with Crippen molar-refractivity contribution in [3.63, 3.8) is 0 Å². The van der Waals surface area contributed by atoms with Crippen LogP contribution in [0.3, 0.4) is 0 Å². The summed E-state index contributed by atoms with van der Waals surface area (Å²) in [5.74, 6) is 4.68. The molecular formula is C17H11F3N6O. The molecule has 0 bridgehead atoms. The van der Waals surface area contributed by atoms with E-state index >= 15 is 0 Å². The summed E-state index contributed by atoms with van der Waals surface area (Å²) < 4.78 is 39.8. The van der Waals surface area contributed by atoms with Crippen LogP contribution in [0, 0.1) is 11.3 Å². The maximum absolute atomic E-state index is 12.9. The lowest BCUT2D eigenvalue weighted by Gasteiger charge is -2.18. The van der Waals surface area contributed by atoms with Gasteiger partial charge in [-0.3, -0.25) is 4.79 Å². The van der Waals surface area contributed by atoms with Crippen LogP contribution in [0.15, 0.2) is 54.9 Å². The van der Waals surface area contributed by atoms with Crippen LogP contribution < -0.4 is 10.9 Å². The molecule has 3 rings (SSSR count). The van der Waals surface area contributed by atoms with Gasteiger partial charge < -0.3 is 0 Å². The van der Waals surface area contributed by atoms with Gasteiger partial charge in [0.25, 0.3) is 0 Å². The van der Waals surface area contributed by atoms with E-state index in [0.29, 0.717) is 16.3 Å². The molecule has 0 aliphatic carbocycles. The molecule has 27 heavy (non-hydrogen) atoms. The van der Waals surface area contributed by atoms with Gasteiger partial charge in [0, 0.05) is 0 Å². The Kier molecular flexibility index (Phi) is 4.62. The molecule has 0 saturated carbocycles. The maximum Gasteiger partial charge on any atom is 0.416 e. The molecule has 136 valence electrons. The number of carbonyl (C=O) groups excluding carboxylic acids is 1. The molecule has 2 aromatic carbocycles. The van der Waals surface area contributed by atoms with Crippen molar-refractivity contribution in [1.82, 2.24) is 14.8 Å². The highest BCUT2D eigenvalue weighted by atomic mass is 19.4. The zero-order chi connectivity index (χ0) is 19.6. The van der Waals surface area contributed by atoms with Crippen LogP contribution in [-0.4, -0.2) is 20.7 Å². The Morgan fingerprint density at radius 2 is 1.89 bits per heavy atom. The lowest BCUT2D eigenvalue weighted by atomic mass is 10.2. The van der Waals surface area contributed by atoms with Crippen LogP contribution in [0.1, 0.15) is 21.7 Å². The number of aromatic nitrogens is 3. The summed E-state index contributed by atoms with van der Waals surface area (Å²) >= 11 is 0. The van der Waals surface area contributed by atoms with Gasteiger partial charge in [-0.2, -0.15) is 23.5 Å². The number of alkyl halides is 3. The Bertz CT molecular complexity index is 1020. The molecule has 1 aromatic heterocycles. The van der Waals surface area contributed by atoms with E-state index in [1.54, 1.807) is 12.1 Å². The SMILES string of the molecule is N#Cc1ccc(-n2ncnc2C(=O)N(N)c2cccc(C(F)(F)F)c2)cc1. The molecular weight excluding hydrogens is 361 g/mol. The zero-order valence-electron chi connectivity index (χ0n) is 13.6. The molecule has 3 aromatic rings. The first-order chi connectivity index (χ1) is 12.8. The van der Waals surface area contributed by atoms with E-state index in [1.165, 1.54) is 22.9 Å². The van der Waals surface area contributed by atoms with E-state index < -0.39 is 17.6 Å². The number of anilines is 1. The van der Waals surface area contributed by atoms with Gasteiger partial charge in [0.05, 0.1) is 28.6 Å². The molecule has 1 amide bonds. The molecule has 0 aliphatic heterocycles. The number of nitrogens with zero attached hydrogens (tertiary/aromatic N) is 5. The van der Waals surface area contributed by atoms with Crippen LogP contribution in [-0.2, 0) is 6.18 Å². The first-order valence-electron chi connectivity index (χ1n) is 7.48. The molecule has 0 aliphatic rings. The molecule has 0 radical (unpaired) electrons. The average molecular weight is 372 g/mol. The predicted octanol–water partition coefficient (Wildman–Crippen LogP) is 2.68. The minimum atomic E-state index is -4.57. The number of benzene rings is 2. The van der Waals surface area contributed by atoms with E-state index in [9.17, 15) is 18.0 Å². The van der Waals surface area contributed by atoms with Gasteiger partial charge in [-0.15, -0.1) is 0 Å². The minimum absolute atomic E-state index is 0.149. The van der Waals surface area contributed by atoms with Crippen molar-refractivity contribution in [3.05, 3.63) is 71.8 Å². The summed E-state index contributed by atoms with van der Waals surface area (Å²) in [6.07, 6.45) is -3.45. The van der Waals surface area contributed by atoms with Crippen molar-refractivity contribution >= 4 is 11.6 Å². The summed E-state index contributed by atoms with van der Waals surface area (Å²) in [6, 6.07) is 12.2. The third-order valence-corrected chi connectivity index (χ3v) is 3.65. The van der Waals surface area contributed by atoms with Gasteiger partial charge >= 0.3 is 12.1 Å².